The smallest absolute Gasteiger partial charge is 0.127 e. The molecule has 0 spiro atoms. The third kappa shape index (κ3) is 1.82. The predicted octanol–water partition coefficient (Wildman–Crippen LogP) is 5.15. The van der Waals surface area contributed by atoms with Gasteiger partial charge in [0.1, 0.15) is 5.82 Å². The molecule has 0 N–H and O–H groups in total. The zero-order valence-electron chi connectivity index (χ0n) is 11.3. The van der Waals surface area contributed by atoms with Gasteiger partial charge < -0.3 is 0 Å². The lowest BCUT2D eigenvalue weighted by Crippen LogP contribution is -2.12. The van der Waals surface area contributed by atoms with Gasteiger partial charge in [-0.15, -0.1) is 0 Å². The van der Waals surface area contributed by atoms with Gasteiger partial charge in [0.05, 0.1) is 0 Å². The zero-order chi connectivity index (χ0) is 12.9. The van der Waals surface area contributed by atoms with Crippen molar-refractivity contribution in [3.63, 3.8) is 0 Å². The summed E-state index contributed by atoms with van der Waals surface area (Å²) >= 11 is 0. The summed E-state index contributed by atoms with van der Waals surface area (Å²) in [6.45, 7) is 6.59. The standard InChI is InChI=1S/C17H19F/c1-17(2,3)13-6-4-5-11-9-10-14(18)16(15(11)13)12-7-8-12/h4-6,9-10,12H,7-8H2,1-3H3. The fourth-order valence-electron chi connectivity index (χ4n) is 2.78. The van der Waals surface area contributed by atoms with E-state index in [0.717, 1.165) is 23.8 Å². The summed E-state index contributed by atoms with van der Waals surface area (Å²) in [5.74, 6) is 0.416. The number of hydrogen-bond donors (Lipinski definition) is 0. The summed E-state index contributed by atoms with van der Waals surface area (Å²) in [6.07, 6.45) is 2.27. The molecule has 0 atom stereocenters. The van der Waals surface area contributed by atoms with Crippen LogP contribution in [0.2, 0.25) is 0 Å². The van der Waals surface area contributed by atoms with E-state index in [9.17, 15) is 4.39 Å². The van der Waals surface area contributed by atoms with Gasteiger partial charge in [-0.2, -0.15) is 0 Å². The highest BCUT2D eigenvalue weighted by Crippen LogP contribution is 2.46. The third-order valence-electron chi connectivity index (χ3n) is 3.83. The molecule has 0 unspecified atom stereocenters. The average molecular weight is 242 g/mol. The van der Waals surface area contributed by atoms with E-state index >= 15 is 0 Å². The van der Waals surface area contributed by atoms with Gasteiger partial charge in [-0.3, -0.25) is 0 Å². The molecular formula is C17H19F. The molecular weight excluding hydrogens is 223 g/mol. The van der Waals surface area contributed by atoms with Crippen LogP contribution in [0.25, 0.3) is 10.8 Å². The fraction of sp³-hybridized carbons (Fsp3) is 0.412. The van der Waals surface area contributed by atoms with Crippen LogP contribution < -0.4 is 0 Å². The number of benzene rings is 2. The maximum atomic E-state index is 14.2. The summed E-state index contributed by atoms with van der Waals surface area (Å²) in [4.78, 5) is 0. The number of fused-ring (bicyclic) bond motifs is 1. The Bertz CT molecular complexity index is 601. The molecule has 0 bridgehead atoms. The van der Waals surface area contributed by atoms with Crippen LogP contribution in [0.1, 0.15) is 50.7 Å². The maximum Gasteiger partial charge on any atom is 0.127 e. The quantitative estimate of drug-likeness (QED) is 0.648. The molecule has 1 aliphatic carbocycles. The first-order chi connectivity index (χ1) is 8.48. The van der Waals surface area contributed by atoms with Gasteiger partial charge in [0.2, 0.25) is 0 Å². The Labute approximate surface area is 108 Å². The molecule has 0 radical (unpaired) electrons. The van der Waals surface area contributed by atoms with Gasteiger partial charge >= 0.3 is 0 Å². The lowest BCUT2D eigenvalue weighted by Gasteiger charge is -2.23. The summed E-state index contributed by atoms with van der Waals surface area (Å²) in [5, 5.41) is 2.33. The summed E-state index contributed by atoms with van der Waals surface area (Å²) in [5.41, 5.74) is 2.27. The van der Waals surface area contributed by atoms with Gasteiger partial charge in [0.25, 0.3) is 0 Å². The highest BCUT2D eigenvalue weighted by molar-refractivity contribution is 5.90. The Morgan fingerprint density at radius 1 is 1.06 bits per heavy atom. The molecule has 1 aliphatic rings. The van der Waals surface area contributed by atoms with Crippen LogP contribution in [0.15, 0.2) is 30.3 Å². The first-order valence-corrected chi connectivity index (χ1v) is 6.70. The van der Waals surface area contributed by atoms with Gasteiger partial charge in [-0.1, -0.05) is 45.0 Å². The molecule has 94 valence electrons. The second-order valence-electron chi connectivity index (χ2n) is 6.39. The number of hydrogen-bond acceptors (Lipinski definition) is 0. The van der Waals surface area contributed by atoms with Crippen molar-refractivity contribution in [2.75, 3.05) is 0 Å². The molecule has 2 aromatic rings. The van der Waals surface area contributed by atoms with Crippen molar-refractivity contribution in [2.45, 2.75) is 44.9 Å². The van der Waals surface area contributed by atoms with Crippen LogP contribution >= 0.6 is 0 Å². The van der Waals surface area contributed by atoms with Gasteiger partial charge in [0, 0.05) is 0 Å². The van der Waals surface area contributed by atoms with Crippen LogP contribution in [0, 0.1) is 5.82 Å². The van der Waals surface area contributed by atoms with Crippen LogP contribution in [0.5, 0.6) is 0 Å². The highest BCUT2D eigenvalue weighted by Gasteiger charge is 2.30. The molecule has 0 heterocycles. The molecule has 0 aromatic heterocycles. The minimum absolute atomic E-state index is 0.0262. The van der Waals surface area contributed by atoms with Gasteiger partial charge in [-0.25, -0.2) is 4.39 Å². The Morgan fingerprint density at radius 2 is 1.78 bits per heavy atom. The van der Waals surface area contributed by atoms with Crippen molar-refractivity contribution in [2.24, 2.45) is 0 Å². The number of rotatable bonds is 1. The third-order valence-corrected chi connectivity index (χ3v) is 3.83. The normalized spacial score (nSPS) is 16.2. The molecule has 0 saturated heterocycles. The molecule has 1 saturated carbocycles. The van der Waals surface area contributed by atoms with E-state index in [2.05, 4.69) is 39.0 Å². The molecule has 1 heteroatoms. The molecule has 0 aliphatic heterocycles. The second kappa shape index (κ2) is 3.81. The monoisotopic (exact) mass is 242 g/mol. The van der Waals surface area contributed by atoms with Crippen molar-refractivity contribution in [3.8, 4) is 0 Å². The molecule has 2 aromatic carbocycles. The van der Waals surface area contributed by atoms with Crippen LogP contribution in [0.4, 0.5) is 4.39 Å². The minimum Gasteiger partial charge on any atom is -0.207 e. The first-order valence-electron chi connectivity index (χ1n) is 6.70. The second-order valence-corrected chi connectivity index (χ2v) is 6.39. The van der Waals surface area contributed by atoms with Crippen LogP contribution in [-0.4, -0.2) is 0 Å². The van der Waals surface area contributed by atoms with Gasteiger partial charge in [0.15, 0.2) is 0 Å². The summed E-state index contributed by atoms with van der Waals surface area (Å²) in [7, 11) is 0. The average Bonchev–Trinajstić information content (AvgIpc) is 3.11. The molecule has 0 nitrogen and oxygen atoms in total. The number of halogens is 1. The van der Waals surface area contributed by atoms with Crippen molar-refractivity contribution in [1.29, 1.82) is 0 Å². The van der Waals surface area contributed by atoms with Crippen molar-refractivity contribution >= 4 is 10.8 Å². The Kier molecular flexibility index (Phi) is 2.48. The van der Waals surface area contributed by atoms with Crippen molar-refractivity contribution in [3.05, 3.63) is 47.3 Å². The molecule has 0 amide bonds. The first kappa shape index (κ1) is 11.7. The van der Waals surface area contributed by atoms with Crippen LogP contribution in [-0.2, 0) is 5.41 Å². The summed E-state index contributed by atoms with van der Waals surface area (Å²) in [6, 6.07) is 9.86. The van der Waals surface area contributed by atoms with E-state index in [-0.39, 0.29) is 11.2 Å². The SMILES string of the molecule is CC(C)(C)c1cccc2ccc(F)c(C3CC3)c12. The van der Waals surface area contributed by atoms with E-state index < -0.39 is 0 Å². The molecule has 1 fully saturated rings. The van der Waals surface area contributed by atoms with E-state index in [1.807, 2.05) is 6.07 Å². The van der Waals surface area contributed by atoms with E-state index in [1.165, 1.54) is 10.9 Å². The maximum absolute atomic E-state index is 14.2. The lowest BCUT2D eigenvalue weighted by molar-refractivity contribution is 0.591. The highest BCUT2D eigenvalue weighted by atomic mass is 19.1. The van der Waals surface area contributed by atoms with Crippen LogP contribution in [0.3, 0.4) is 0 Å². The van der Waals surface area contributed by atoms with Crippen molar-refractivity contribution < 1.29 is 4.39 Å². The Hall–Kier alpha value is -1.37. The summed E-state index contributed by atoms with van der Waals surface area (Å²) < 4.78 is 14.2. The van der Waals surface area contributed by atoms with E-state index in [0.29, 0.717) is 5.92 Å². The largest absolute Gasteiger partial charge is 0.207 e. The Morgan fingerprint density at radius 3 is 2.39 bits per heavy atom. The Balaban J connectivity index is 2.40. The molecule has 18 heavy (non-hydrogen) atoms. The van der Waals surface area contributed by atoms with E-state index in [1.54, 1.807) is 6.07 Å². The fourth-order valence-corrected chi connectivity index (χ4v) is 2.78. The van der Waals surface area contributed by atoms with Crippen molar-refractivity contribution in [1.82, 2.24) is 0 Å². The predicted molar refractivity (Wildman–Crippen MR) is 74.6 cm³/mol. The zero-order valence-corrected chi connectivity index (χ0v) is 11.3. The van der Waals surface area contributed by atoms with Gasteiger partial charge in [-0.05, 0) is 52.1 Å². The lowest BCUT2D eigenvalue weighted by atomic mass is 9.81. The van der Waals surface area contributed by atoms with E-state index in [4.69, 9.17) is 0 Å². The topological polar surface area (TPSA) is 0 Å². The molecule has 3 rings (SSSR count). The minimum atomic E-state index is -0.0262.